The second kappa shape index (κ2) is 9.30. The third kappa shape index (κ3) is 5.08. The van der Waals surface area contributed by atoms with Crippen molar-refractivity contribution in [3.8, 4) is 23.0 Å². The van der Waals surface area contributed by atoms with Gasteiger partial charge >= 0.3 is 6.36 Å². The molecule has 1 amide bonds. The van der Waals surface area contributed by atoms with E-state index in [1.165, 1.54) is 24.4 Å². The van der Waals surface area contributed by atoms with E-state index in [-0.39, 0.29) is 23.7 Å². The first-order valence-corrected chi connectivity index (χ1v) is 11.1. The molecule has 188 valence electrons. The summed E-state index contributed by atoms with van der Waals surface area (Å²) in [7, 11) is 0. The number of pyridine rings is 2. The number of amides is 1. The van der Waals surface area contributed by atoms with Crippen LogP contribution in [0.5, 0.6) is 5.75 Å². The molecule has 4 heterocycles. The standard InChI is InChI=1S/C25H20F3N7O2/c1-15-5-4-7-19(32-15)24-33-16(11-30-18-6-2-3-8-21(18)37-25(26,27)28)13-34(24)17-9-10-22-31-12-20(23(29)36)35(22)14-17/h2-10,12-14,30H,11H2,1H3,(H2,29,36). The molecule has 4 aromatic heterocycles. The van der Waals surface area contributed by atoms with Crippen molar-refractivity contribution >= 4 is 17.2 Å². The van der Waals surface area contributed by atoms with Gasteiger partial charge in [0.05, 0.1) is 29.8 Å². The molecule has 0 aliphatic carbocycles. The number of halogens is 3. The normalized spacial score (nSPS) is 11.6. The highest BCUT2D eigenvalue weighted by molar-refractivity contribution is 5.91. The minimum absolute atomic E-state index is 0.101. The van der Waals surface area contributed by atoms with E-state index in [0.29, 0.717) is 28.5 Å². The van der Waals surface area contributed by atoms with E-state index in [0.717, 1.165) is 5.69 Å². The van der Waals surface area contributed by atoms with Crippen molar-refractivity contribution < 1.29 is 22.7 Å². The van der Waals surface area contributed by atoms with Gasteiger partial charge in [0.1, 0.15) is 17.0 Å². The van der Waals surface area contributed by atoms with Crippen LogP contribution < -0.4 is 15.8 Å². The lowest BCUT2D eigenvalue weighted by atomic mass is 10.3. The van der Waals surface area contributed by atoms with Crippen molar-refractivity contribution in [1.29, 1.82) is 0 Å². The first-order valence-electron chi connectivity index (χ1n) is 11.1. The molecule has 0 aliphatic rings. The summed E-state index contributed by atoms with van der Waals surface area (Å²) in [5.41, 5.74) is 8.95. The van der Waals surface area contributed by atoms with Crippen LogP contribution >= 0.6 is 0 Å². The minimum atomic E-state index is -4.82. The number of carbonyl (C=O) groups excluding carboxylic acids is 1. The highest BCUT2D eigenvalue weighted by Gasteiger charge is 2.32. The average molecular weight is 507 g/mol. The van der Waals surface area contributed by atoms with Crippen molar-refractivity contribution in [2.75, 3.05) is 5.32 Å². The maximum absolute atomic E-state index is 12.8. The molecule has 3 N–H and O–H groups in total. The number of carbonyl (C=O) groups is 1. The number of fused-ring (bicyclic) bond motifs is 1. The van der Waals surface area contributed by atoms with Gasteiger partial charge in [-0.25, -0.2) is 15.0 Å². The van der Waals surface area contributed by atoms with Gasteiger partial charge in [-0.2, -0.15) is 0 Å². The Balaban J connectivity index is 1.54. The highest BCUT2D eigenvalue weighted by atomic mass is 19.4. The molecule has 0 spiro atoms. The smallest absolute Gasteiger partial charge is 0.404 e. The third-order valence-corrected chi connectivity index (χ3v) is 5.47. The Hall–Kier alpha value is -4.87. The Labute approximate surface area is 208 Å². The van der Waals surface area contributed by atoms with Gasteiger partial charge < -0.3 is 15.8 Å². The Kier molecular flexibility index (Phi) is 5.99. The van der Waals surface area contributed by atoms with Crippen LogP contribution in [0, 0.1) is 6.92 Å². The average Bonchev–Trinajstić information content (AvgIpc) is 3.47. The first kappa shape index (κ1) is 23.9. The fourth-order valence-corrected chi connectivity index (χ4v) is 3.87. The number of hydrogen-bond acceptors (Lipinski definition) is 6. The molecule has 0 unspecified atom stereocenters. The van der Waals surface area contributed by atoms with Crippen molar-refractivity contribution in [3.05, 3.63) is 90.3 Å². The molecule has 12 heteroatoms. The number of aromatic nitrogens is 5. The van der Waals surface area contributed by atoms with Crippen molar-refractivity contribution in [3.63, 3.8) is 0 Å². The molecule has 0 aliphatic heterocycles. The Morgan fingerprint density at radius 2 is 1.86 bits per heavy atom. The summed E-state index contributed by atoms with van der Waals surface area (Å²) in [4.78, 5) is 25.3. The lowest BCUT2D eigenvalue weighted by Crippen LogP contribution is -2.18. The van der Waals surface area contributed by atoms with E-state index in [1.54, 1.807) is 45.6 Å². The molecule has 1 aromatic carbocycles. The van der Waals surface area contributed by atoms with Crippen molar-refractivity contribution in [1.82, 2.24) is 23.9 Å². The van der Waals surface area contributed by atoms with E-state index in [2.05, 4.69) is 20.0 Å². The van der Waals surface area contributed by atoms with E-state index in [9.17, 15) is 18.0 Å². The molecule has 0 radical (unpaired) electrons. The van der Waals surface area contributed by atoms with Gasteiger partial charge in [-0.05, 0) is 43.3 Å². The fraction of sp³-hybridized carbons (Fsp3) is 0.120. The summed E-state index contributed by atoms with van der Waals surface area (Å²) in [5, 5.41) is 2.96. The number of aryl methyl sites for hydroxylation is 1. The van der Waals surface area contributed by atoms with Crippen molar-refractivity contribution in [2.24, 2.45) is 5.73 Å². The summed E-state index contributed by atoms with van der Waals surface area (Å²) in [5.74, 6) is -0.472. The van der Waals surface area contributed by atoms with Gasteiger partial charge in [0.2, 0.25) is 0 Å². The molecule has 5 rings (SSSR count). The number of nitrogens with two attached hydrogens (primary N) is 1. The maximum Gasteiger partial charge on any atom is 0.573 e. The third-order valence-electron chi connectivity index (χ3n) is 5.47. The molecule has 0 saturated carbocycles. The van der Waals surface area contributed by atoms with E-state index < -0.39 is 12.3 Å². The van der Waals surface area contributed by atoms with Gasteiger partial charge in [0.15, 0.2) is 11.6 Å². The Morgan fingerprint density at radius 3 is 2.62 bits per heavy atom. The van der Waals surface area contributed by atoms with E-state index in [4.69, 9.17) is 10.7 Å². The van der Waals surface area contributed by atoms with Crippen LogP contribution in [0.1, 0.15) is 21.9 Å². The summed E-state index contributed by atoms with van der Waals surface area (Å²) in [6, 6.07) is 14.8. The van der Waals surface area contributed by atoms with Gasteiger partial charge in [0.25, 0.3) is 5.91 Å². The molecule has 9 nitrogen and oxygen atoms in total. The van der Waals surface area contributed by atoms with Gasteiger partial charge in [-0.15, -0.1) is 13.2 Å². The van der Waals surface area contributed by atoms with Crippen LogP contribution in [0.15, 0.2) is 73.2 Å². The van der Waals surface area contributed by atoms with Crippen LogP contribution in [0.4, 0.5) is 18.9 Å². The van der Waals surface area contributed by atoms with Gasteiger partial charge in [0, 0.05) is 18.1 Å². The van der Waals surface area contributed by atoms with E-state index >= 15 is 0 Å². The van der Waals surface area contributed by atoms with Gasteiger partial charge in [-0.1, -0.05) is 18.2 Å². The lowest BCUT2D eigenvalue weighted by Gasteiger charge is -2.13. The second-order valence-electron chi connectivity index (χ2n) is 8.11. The number of hydrogen-bond donors (Lipinski definition) is 2. The zero-order valence-electron chi connectivity index (χ0n) is 19.4. The molecule has 0 saturated heterocycles. The topological polar surface area (TPSA) is 112 Å². The Bertz CT molecular complexity index is 1610. The SMILES string of the molecule is Cc1cccc(-c2nc(CNc3ccccc3OC(F)(F)F)cn2-c2ccc3ncc(C(N)=O)n3c2)n1. The zero-order valence-corrected chi connectivity index (χ0v) is 19.4. The molecule has 0 fully saturated rings. The number of para-hydroxylation sites is 2. The summed E-state index contributed by atoms with van der Waals surface area (Å²) < 4.78 is 45.9. The fourth-order valence-electron chi connectivity index (χ4n) is 3.87. The molecular formula is C25H20F3N7O2. The monoisotopic (exact) mass is 507 g/mol. The number of ether oxygens (including phenoxy) is 1. The molecule has 0 bridgehead atoms. The maximum atomic E-state index is 12.8. The number of anilines is 1. The number of primary amides is 1. The van der Waals surface area contributed by atoms with Crippen LogP contribution in [-0.4, -0.2) is 36.2 Å². The predicted molar refractivity (Wildman–Crippen MR) is 129 cm³/mol. The zero-order chi connectivity index (χ0) is 26.2. The number of benzene rings is 1. The number of alkyl halides is 3. The van der Waals surface area contributed by atoms with Crippen LogP contribution in [0.2, 0.25) is 0 Å². The highest BCUT2D eigenvalue weighted by Crippen LogP contribution is 2.30. The largest absolute Gasteiger partial charge is 0.573 e. The first-order chi connectivity index (χ1) is 17.7. The summed E-state index contributed by atoms with van der Waals surface area (Å²) in [6.07, 6.45) is 0.0159. The summed E-state index contributed by atoms with van der Waals surface area (Å²) >= 11 is 0. The second-order valence-corrected chi connectivity index (χ2v) is 8.11. The molecule has 0 atom stereocenters. The molecule has 37 heavy (non-hydrogen) atoms. The quantitative estimate of drug-likeness (QED) is 0.336. The number of rotatable bonds is 7. The number of nitrogens with zero attached hydrogens (tertiary/aromatic N) is 5. The van der Waals surface area contributed by atoms with Crippen LogP contribution in [0.25, 0.3) is 22.9 Å². The number of imidazole rings is 2. The van der Waals surface area contributed by atoms with Crippen LogP contribution in [-0.2, 0) is 6.54 Å². The molecular weight excluding hydrogens is 487 g/mol. The summed E-state index contributed by atoms with van der Waals surface area (Å²) in [6.45, 7) is 1.96. The van der Waals surface area contributed by atoms with Gasteiger partial charge in [-0.3, -0.25) is 13.8 Å². The predicted octanol–water partition coefficient (Wildman–Crippen LogP) is 4.50. The molecule has 5 aromatic rings. The van der Waals surface area contributed by atoms with Crippen LogP contribution in [0.3, 0.4) is 0 Å². The van der Waals surface area contributed by atoms with E-state index in [1.807, 2.05) is 19.1 Å². The van der Waals surface area contributed by atoms with Crippen molar-refractivity contribution in [2.45, 2.75) is 19.8 Å². The lowest BCUT2D eigenvalue weighted by molar-refractivity contribution is -0.274. The Morgan fingerprint density at radius 1 is 1.05 bits per heavy atom. The minimum Gasteiger partial charge on any atom is -0.404 e. The number of nitrogens with one attached hydrogen (secondary N) is 1.